The first-order valence-corrected chi connectivity index (χ1v) is 2.93. The first-order chi connectivity index (χ1) is 4.00. The molecule has 2 heteroatoms. The number of hydrogen-bond acceptors (Lipinski definition) is 2. The van der Waals surface area contributed by atoms with E-state index in [4.69, 9.17) is 4.74 Å². The Kier molecular flexibility index (Phi) is 2.63. The van der Waals surface area contributed by atoms with Crippen molar-refractivity contribution in [1.82, 2.24) is 5.32 Å². The average molecular weight is 113 g/mol. The van der Waals surface area contributed by atoms with E-state index < -0.39 is 0 Å². The molecule has 0 saturated carbocycles. The molecule has 0 atom stereocenters. The predicted molar refractivity (Wildman–Crippen MR) is 32.8 cm³/mol. The summed E-state index contributed by atoms with van der Waals surface area (Å²) in [6.45, 7) is 3.58. The zero-order chi connectivity index (χ0) is 5.66. The molecule has 0 radical (unpaired) electrons. The van der Waals surface area contributed by atoms with Gasteiger partial charge in [-0.1, -0.05) is 12.2 Å². The van der Waals surface area contributed by atoms with Crippen LogP contribution in [0.15, 0.2) is 12.2 Å². The minimum absolute atomic E-state index is 0.779. The highest BCUT2D eigenvalue weighted by Gasteiger charge is 1.87. The maximum atomic E-state index is 5.13. The molecule has 0 spiro atoms. The number of hydrogen-bond donors (Lipinski definition) is 1. The van der Waals surface area contributed by atoms with Gasteiger partial charge in [-0.05, 0) is 0 Å². The van der Waals surface area contributed by atoms with Crippen molar-refractivity contribution in [3.63, 3.8) is 0 Å². The van der Waals surface area contributed by atoms with Crippen LogP contribution in [0.1, 0.15) is 0 Å². The van der Waals surface area contributed by atoms with Crippen molar-refractivity contribution in [2.45, 2.75) is 0 Å². The quantitative estimate of drug-likeness (QED) is 0.452. The van der Waals surface area contributed by atoms with Crippen molar-refractivity contribution < 1.29 is 4.74 Å². The highest BCUT2D eigenvalue weighted by molar-refractivity contribution is 4.84. The van der Waals surface area contributed by atoms with Crippen LogP contribution in [-0.2, 0) is 4.74 Å². The Morgan fingerprint density at radius 2 is 2.38 bits per heavy atom. The lowest BCUT2D eigenvalue weighted by molar-refractivity contribution is 0.162. The second kappa shape index (κ2) is 3.64. The first-order valence-electron chi connectivity index (χ1n) is 2.93. The normalized spacial score (nSPS) is 22.0. The Labute approximate surface area is 49.5 Å². The van der Waals surface area contributed by atoms with Gasteiger partial charge in [-0.3, -0.25) is 0 Å². The van der Waals surface area contributed by atoms with Crippen molar-refractivity contribution >= 4 is 0 Å². The molecule has 0 saturated heterocycles. The predicted octanol–water partition coefficient (Wildman–Crippen LogP) is 0.162. The Morgan fingerprint density at radius 1 is 1.38 bits per heavy atom. The maximum Gasteiger partial charge on any atom is 0.0648 e. The lowest BCUT2D eigenvalue weighted by atomic mass is 10.4. The molecule has 0 aromatic heterocycles. The summed E-state index contributed by atoms with van der Waals surface area (Å²) in [4.78, 5) is 0. The highest BCUT2D eigenvalue weighted by Crippen LogP contribution is 1.80. The Hall–Kier alpha value is -0.340. The van der Waals surface area contributed by atoms with Crippen LogP contribution in [0.4, 0.5) is 0 Å². The van der Waals surface area contributed by atoms with Gasteiger partial charge in [0.05, 0.1) is 13.2 Å². The van der Waals surface area contributed by atoms with E-state index in [-0.39, 0.29) is 0 Å². The molecule has 1 heterocycles. The van der Waals surface area contributed by atoms with E-state index in [1.165, 1.54) is 0 Å². The van der Waals surface area contributed by atoms with Crippen LogP contribution < -0.4 is 5.32 Å². The van der Waals surface area contributed by atoms with E-state index in [0.717, 1.165) is 26.3 Å². The SMILES string of the molecule is C1=CCOCCNC1. The van der Waals surface area contributed by atoms with Crippen molar-refractivity contribution in [3.8, 4) is 0 Å². The average Bonchev–Trinajstić information content (AvgIpc) is 1.62. The third kappa shape index (κ3) is 2.09. The van der Waals surface area contributed by atoms with Gasteiger partial charge in [0.1, 0.15) is 0 Å². The van der Waals surface area contributed by atoms with Crippen molar-refractivity contribution in [2.75, 3.05) is 26.3 Å². The molecule has 0 amide bonds. The molecule has 0 unspecified atom stereocenters. The summed E-state index contributed by atoms with van der Waals surface area (Å²) in [6.07, 6.45) is 4.12. The summed E-state index contributed by atoms with van der Waals surface area (Å²) in [5.74, 6) is 0. The fourth-order valence-electron chi connectivity index (χ4n) is 0.632. The minimum Gasteiger partial charge on any atom is -0.376 e. The first kappa shape index (κ1) is 5.79. The van der Waals surface area contributed by atoms with Gasteiger partial charge < -0.3 is 10.1 Å². The molecule has 1 N–H and O–H groups in total. The van der Waals surface area contributed by atoms with E-state index in [0.29, 0.717) is 0 Å². The van der Waals surface area contributed by atoms with Crippen LogP contribution >= 0.6 is 0 Å². The van der Waals surface area contributed by atoms with E-state index in [1.54, 1.807) is 0 Å². The number of rotatable bonds is 0. The topological polar surface area (TPSA) is 21.3 Å². The molecule has 0 aromatic rings. The molecule has 0 bridgehead atoms. The standard InChI is InChI=1S/C6H11NO/c1-2-5-8-6-4-7-3-1/h1-2,7H,3-6H2. The van der Waals surface area contributed by atoms with Gasteiger partial charge in [0.15, 0.2) is 0 Å². The monoisotopic (exact) mass is 113 g/mol. The Bertz CT molecular complexity index is 70.6. The van der Waals surface area contributed by atoms with Gasteiger partial charge in [0.25, 0.3) is 0 Å². The van der Waals surface area contributed by atoms with Crippen LogP contribution in [-0.4, -0.2) is 26.3 Å². The molecule has 1 aliphatic heterocycles. The number of ether oxygens (including phenoxy) is 1. The van der Waals surface area contributed by atoms with Crippen LogP contribution in [0.25, 0.3) is 0 Å². The van der Waals surface area contributed by atoms with Crippen molar-refractivity contribution in [1.29, 1.82) is 0 Å². The van der Waals surface area contributed by atoms with E-state index in [2.05, 4.69) is 11.4 Å². The van der Waals surface area contributed by atoms with Crippen molar-refractivity contribution in [2.24, 2.45) is 0 Å². The van der Waals surface area contributed by atoms with Gasteiger partial charge in [0, 0.05) is 13.1 Å². The molecule has 1 aliphatic rings. The van der Waals surface area contributed by atoms with Gasteiger partial charge in [0.2, 0.25) is 0 Å². The molecule has 0 fully saturated rings. The van der Waals surface area contributed by atoms with Crippen LogP contribution in [0, 0.1) is 0 Å². The second-order valence-electron chi connectivity index (χ2n) is 1.75. The highest BCUT2D eigenvalue weighted by atomic mass is 16.5. The van der Waals surface area contributed by atoms with Crippen LogP contribution in [0.2, 0.25) is 0 Å². The van der Waals surface area contributed by atoms with Crippen molar-refractivity contribution in [3.05, 3.63) is 12.2 Å². The third-order valence-electron chi connectivity index (χ3n) is 1.07. The summed E-state index contributed by atoms with van der Waals surface area (Å²) in [5, 5.41) is 3.18. The van der Waals surface area contributed by atoms with Gasteiger partial charge in [-0.2, -0.15) is 0 Å². The molecule has 46 valence electrons. The van der Waals surface area contributed by atoms with E-state index >= 15 is 0 Å². The van der Waals surface area contributed by atoms with Crippen LogP contribution in [0.5, 0.6) is 0 Å². The largest absolute Gasteiger partial charge is 0.376 e. The zero-order valence-corrected chi connectivity index (χ0v) is 4.89. The third-order valence-corrected chi connectivity index (χ3v) is 1.07. The molecular formula is C6H11NO. The summed E-state index contributed by atoms with van der Waals surface area (Å²) in [7, 11) is 0. The molecular weight excluding hydrogens is 102 g/mol. The van der Waals surface area contributed by atoms with Gasteiger partial charge >= 0.3 is 0 Å². The Balaban J connectivity index is 2.17. The molecule has 8 heavy (non-hydrogen) atoms. The summed E-state index contributed by atoms with van der Waals surface area (Å²) < 4.78 is 5.13. The van der Waals surface area contributed by atoms with E-state index in [1.807, 2.05) is 6.08 Å². The fourth-order valence-corrected chi connectivity index (χ4v) is 0.632. The lowest BCUT2D eigenvalue weighted by Crippen LogP contribution is -2.21. The van der Waals surface area contributed by atoms with E-state index in [9.17, 15) is 0 Å². The smallest absolute Gasteiger partial charge is 0.0648 e. The van der Waals surface area contributed by atoms with Gasteiger partial charge in [-0.15, -0.1) is 0 Å². The summed E-state index contributed by atoms with van der Waals surface area (Å²) in [5.41, 5.74) is 0. The second-order valence-corrected chi connectivity index (χ2v) is 1.75. The molecule has 0 aromatic carbocycles. The molecule has 2 nitrogen and oxygen atoms in total. The minimum atomic E-state index is 0.779. The number of nitrogens with one attached hydrogen (secondary N) is 1. The fraction of sp³-hybridized carbons (Fsp3) is 0.667. The van der Waals surface area contributed by atoms with Gasteiger partial charge in [-0.25, -0.2) is 0 Å². The maximum absolute atomic E-state index is 5.13. The zero-order valence-electron chi connectivity index (χ0n) is 4.89. The Morgan fingerprint density at radius 3 is 3.38 bits per heavy atom. The van der Waals surface area contributed by atoms with Crippen LogP contribution in [0.3, 0.4) is 0 Å². The molecule has 1 rings (SSSR count). The summed E-state index contributed by atoms with van der Waals surface area (Å²) >= 11 is 0. The summed E-state index contributed by atoms with van der Waals surface area (Å²) in [6, 6.07) is 0. The lowest BCUT2D eigenvalue weighted by Gasteiger charge is -2.04. The molecule has 0 aliphatic carbocycles.